The molecule has 0 aliphatic rings. The molecule has 0 aliphatic heterocycles. The van der Waals surface area contributed by atoms with Crippen LogP contribution in [0.5, 0.6) is 0 Å². The Balaban J connectivity index is 2.17. The summed E-state index contributed by atoms with van der Waals surface area (Å²) < 4.78 is 2.09. The summed E-state index contributed by atoms with van der Waals surface area (Å²) in [6, 6.07) is 5.48. The SMILES string of the molecule is Nc1cc(Br)c(=O)n(CCc2cccnc2)c1. The second-order valence-corrected chi connectivity index (χ2v) is 4.59. The number of aryl methyl sites for hydroxylation is 2. The Bertz CT molecular complexity index is 566. The number of nitrogens with two attached hydrogens (primary N) is 1. The van der Waals surface area contributed by atoms with Crippen LogP contribution in [0.4, 0.5) is 5.69 Å². The molecule has 2 rings (SSSR count). The number of rotatable bonds is 3. The van der Waals surface area contributed by atoms with Gasteiger partial charge in [0, 0.05) is 30.8 Å². The molecular formula is C12H12BrN3O. The third-order valence-corrected chi connectivity index (χ3v) is 3.00. The van der Waals surface area contributed by atoms with Crippen molar-refractivity contribution in [1.82, 2.24) is 9.55 Å². The van der Waals surface area contributed by atoms with Crippen LogP contribution in [-0.4, -0.2) is 9.55 Å². The third kappa shape index (κ3) is 2.94. The molecule has 0 spiro atoms. The monoisotopic (exact) mass is 293 g/mol. The average Bonchev–Trinajstić information content (AvgIpc) is 2.33. The second kappa shape index (κ2) is 5.14. The Morgan fingerprint density at radius 3 is 3.00 bits per heavy atom. The van der Waals surface area contributed by atoms with E-state index in [0.717, 1.165) is 12.0 Å². The molecule has 2 heterocycles. The van der Waals surface area contributed by atoms with E-state index in [1.807, 2.05) is 12.1 Å². The van der Waals surface area contributed by atoms with E-state index < -0.39 is 0 Å². The molecule has 0 saturated carbocycles. The van der Waals surface area contributed by atoms with Gasteiger partial charge in [-0.15, -0.1) is 0 Å². The first-order valence-electron chi connectivity index (χ1n) is 5.21. The van der Waals surface area contributed by atoms with Crippen LogP contribution in [0.3, 0.4) is 0 Å². The van der Waals surface area contributed by atoms with Crippen LogP contribution in [0.2, 0.25) is 0 Å². The molecule has 88 valence electrons. The van der Waals surface area contributed by atoms with Crippen LogP contribution in [0, 0.1) is 0 Å². The van der Waals surface area contributed by atoms with Gasteiger partial charge in [-0.25, -0.2) is 0 Å². The molecule has 0 radical (unpaired) electrons. The summed E-state index contributed by atoms with van der Waals surface area (Å²) in [7, 11) is 0. The molecule has 2 aromatic rings. The van der Waals surface area contributed by atoms with Crippen molar-refractivity contribution in [2.45, 2.75) is 13.0 Å². The first-order valence-corrected chi connectivity index (χ1v) is 6.00. The van der Waals surface area contributed by atoms with Gasteiger partial charge in [0.1, 0.15) is 0 Å². The lowest BCUT2D eigenvalue weighted by Gasteiger charge is -2.07. The quantitative estimate of drug-likeness (QED) is 0.939. The number of hydrogen-bond donors (Lipinski definition) is 1. The van der Waals surface area contributed by atoms with Crippen LogP contribution >= 0.6 is 15.9 Å². The topological polar surface area (TPSA) is 60.9 Å². The van der Waals surface area contributed by atoms with E-state index >= 15 is 0 Å². The zero-order valence-electron chi connectivity index (χ0n) is 9.14. The molecule has 0 bridgehead atoms. The summed E-state index contributed by atoms with van der Waals surface area (Å²) in [5.74, 6) is 0. The maximum Gasteiger partial charge on any atom is 0.264 e. The maximum atomic E-state index is 11.8. The zero-order chi connectivity index (χ0) is 12.3. The highest BCUT2D eigenvalue weighted by molar-refractivity contribution is 9.10. The van der Waals surface area contributed by atoms with Crippen LogP contribution in [0.1, 0.15) is 5.56 Å². The van der Waals surface area contributed by atoms with Gasteiger partial charge in [-0.3, -0.25) is 9.78 Å². The van der Waals surface area contributed by atoms with E-state index in [4.69, 9.17) is 5.73 Å². The van der Waals surface area contributed by atoms with E-state index in [2.05, 4.69) is 20.9 Å². The fraction of sp³-hybridized carbons (Fsp3) is 0.167. The predicted octanol–water partition coefficient (Wildman–Crippen LogP) is 1.83. The van der Waals surface area contributed by atoms with E-state index in [0.29, 0.717) is 16.7 Å². The molecule has 5 heteroatoms. The average molecular weight is 294 g/mol. The number of anilines is 1. The molecule has 0 unspecified atom stereocenters. The Morgan fingerprint density at radius 1 is 1.47 bits per heavy atom. The summed E-state index contributed by atoms with van der Waals surface area (Å²) in [6.07, 6.45) is 5.94. The smallest absolute Gasteiger partial charge is 0.264 e. The molecule has 0 atom stereocenters. The lowest BCUT2D eigenvalue weighted by molar-refractivity contribution is 0.667. The van der Waals surface area contributed by atoms with E-state index in [1.54, 1.807) is 29.2 Å². The minimum absolute atomic E-state index is 0.0666. The van der Waals surface area contributed by atoms with Gasteiger partial charge in [0.2, 0.25) is 0 Å². The van der Waals surface area contributed by atoms with Gasteiger partial charge in [-0.2, -0.15) is 0 Å². The molecule has 0 aromatic carbocycles. The number of aromatic nitrogens is 2. The summed E-state index contributed by atoms with van der Waals surface area (Å²) >= 11 is 3.20. The zero-order valence-corrected chi connectivity index (χ0v) is 10.7. The maximum absolute atomic E-state index is 11.8. The second-order valence-electron chi connectivity index (χ2n) is 3.73. The normalized spacial score (nSPS) is 10.4. The van der Waals surface area contributed by atoms with Crippen LogP contribution in [0.15, 0.2) is 46.1 Å². The fourth-order valence-corrected chi connectivity index (χ4v) is 2.07. The fourth-order valence-electron chi connectivity index (χ4n) is 1.58. The highest BCUT2D eigenvalue weighted by atomic mass is 79.9. The van der Waals surface area contributed by atoms with Gasteiger partial charge in [0.15, 0.2) is 0 Å². The molecule has 4 nitrogen and oxygen atoms in total. The molecular weight excluding hydrogens is 282 g/mol. The lowest BCUT2D eigenvalue weighted by atomic mass is 10.2. The Kier molecular flexibility index (Phi) is 3.58. The largest absolute Gasteiger partial charge is 0.398 e. The highest BCUT2D eigenvalue weighted by Crippen LogP contribution is 2.08. The molecule has 2 aromatic heterocycles. The van der Waals surface area contributed by atoms with Gasteiger partial charge in [0.25, 0.3) is 5.56 Å². The minimum Gasteiger partial charge on any atom is -0.398 e. The van der Waals surface area contributed by atoms with Crippen molar-refractivity contribution in [3.63, 3.8) is 0 Å². The Labute approximate surface area is 107 Å². The van der Waals surface area contributed by atoms with E-state index in [1.165, 1.54) is 0 Å². The Morgan fingerprint density at radius 2 is 2.29 bits per heavy atom. The van der Waals surface area contributed by atoms with Gasteiger partial charge in [0.05, 0.1) is 4.47 Å². The van der Waals surface area contributed by atoms with Crippen molar-refractivity contribution in [2.24, 2.45) is 0 Å². The van der Waals surface area contributed by atoms with Crippen molar-refractivity contribution < 1.29 is 0 Å². The number of nitrogen functional groups attached to an aromatic ring is 1. The van der Waals surface area contributed by atoms with Crippen LogP contribution < -0.4 is 11.3 Å². The summed E-state index contributed by atoms with van der Waals surface area (Å²) in [5.41, 5.74) is 7.30. The van der Waals surface area contributed by atoms with Crippen molar-refractivity contribution in [3.05, 3.63) is 57.2 Å². The predicted molar refractivity (Wildman–Crippen MR) is 70.8 cm³/mol. The van der Waals surface area contributed by atoms with Crippen LogP contribution in [-0.2, 0) is 13.0 Å². The van der Waals surface area contributed by atoms with Gasteiger partial charge in [-0.1, -0.05) is 6.07 Å². The summed E-state index contributed by atoms with van der Waals surface area (Å²) in [6.45, 7) is 0.591. The van der Waals surface area contributed by atoms with Crippen molar-refractivity contribution in [3.8, 4) is 0 Å². The first kappa shape index (κ1) is 11.9. The summed E-state index contributed by atoms with van der Waals surface area (Å²) in [5, 5.41) is 0. The number of nitrogens with zero attached hydrogens (tertiary/aromatic N) is 2. The number of halogens is 1. The summed E-state index contributed by atoms with van der Waals surface area (Å²) in [4.78, 5) is 15.8. The van der Waals surface area contributed by atoms with Crippen molar-refractivity contribution >= 4 is 21.6 Å². The lowest BCUT2D eigenvalue weighted by Crippen LogP contribution is -2.21. The standard InChI is InChI=1S/C12H12BrN3O/c13-11-6-10(14)8-16(12(11)17)5-3-9-2-1-4-15-7-9/h1-2,4,6-8H,3,5,14H2. The number of hydrogen-bond acceptors (Lipinski definition) is 3. The van der Waals surface area contributed by atoms with Crippen LogP contribution in [0.25, 0.3) is 0 Å². The molecule has 0 fully saturated rings. The number of pyridine rings is 2. The molecule has 17 heavy (non-hydrogen) atoms. The van der Waals surface area contributed by atoms with E-state index in [-0.39, 0.29) is 5.56 Å². The third-order valence-electron chi connectivity index (χ3n) is 2.43. The van der Waals surface area contributed by atoms with Gasteiger partial charge in [-0.05, 0) is 40.0 Å². The van der Waals surface area contributed by atoms with Crippen molar-refractivity contribution in [2.75, 3.05) is 5.73 Å². The highest BCUT2D eigenvalue weighted by Gasteiger charge is 2.03. The van der Waals surface area contributed by atoms with Crippen molar-refractivity contribution in [1.29, 1.82) is 0 Å². The van der Waals surface area contributed by atoms with E-state index in [9.17, 15) is 4.79 Å². The van der Waals surface area contributed by atoms with Gasteiger partial charge >= 0.3 is 0 Å². The van der Waals surface area contributed by atoms with Gasteiger partial charge < -0.3 is 10.3 Å². The minimum atomic E-state index is -0.0666. The molecule has 0 aliphatic carbocycles. The Hall–Kier alpha value is -1.62. The molecule has 0 amide bonds. The first-order chi connectivity index (χ1) is 8.16. The molecule has 0 saturated heterocycles. The molecule has 2 N–H and O–H groups in total.